The molecule has 0 saturated carbocycles. The second-order valence-electron chi connectivity index (χ2n) is 11.5. The van der Waals surface area contributed by atoms with E-state index in [9.17, 15) is 0 Å². The highest BCUT2D eigenvalue weighted by Crippen LogP contribution is 2.44. The summed E-state index contributed by atoms with van der Waals surface area (Å²) in [5.74, 6) is 0. The first kappa shape index (κ1) is 29.1. The second-order valence-corrected chi connectivity index (χ2v) is 12.6. The fourth-order valence-electron chi connectivity index (χ4n) is 6.32. The van der Waals surface area contributed by atoms with Crippen molar-refractivity contribution in [2.24, 2.45) is 0 Å². The SMILES string of the molecule is CCCN(CC)Sc1ccccc1-c1c2ccc3cc(NC)ccc3c2oc2c1ccc1cc(=[N+](C)c3ccccc3)ccc12. The molecule has 7 rings (SSSR count). The van der Waals surface area contributed by atoms with Crippen molar-refractivity contribution >= 4 is 66.8 Å². The fourth-order valence-corrected chi connectivity index (χ4v) is 7.40. The molecule has 1 N–H and O–H groups in total. The fraction of sp³-hybridized carbons (Fsp3) is 0.175. The van der Waals surface area contributed by atoms with Crippen molar-refractivity contribution < 1.29 is 4.42 Å². The van der Waals surface area contributed by atoms with Crippen LogP contribution in [0.2, 0.25) is 0 Å². The molecule has 0 fully saturated rings. The molecular weight excluding hydrogens is 571 g/mol. The largest absolute Gasteiger partial charge is 0.455 e. The van der Waals surface area contributed by atoms with Crippen molar-refractivity contribution in [2.75, 3.05) is 32.5 Å². The van der Waals surface area contributed by atoms with E-state index in [4.69, 9.17) is 4.42 Å². The molecule has 0 radical (unpaired) electrons. The predicted octanol–water partition coefficient (Wildman–Crippen LogP) is 10.1. The highest BCUT2D eigenvalue weighted by atomic mass is 32.2. The van der Waals surface area contributed by atoms with E-state index in [1.165, 1.54) is 16.0 Å². The number of anilines is 1. The van der Waals surface area contributed by atoms with Crippen LogP contribution in [0.3, 0.4) is 0 Å². The van der Waals surface area contributed by atoms with Gasteiger partial charge in [0.15, 0.2) is 0 Å². The third-order valence-electron chi connectivity index (χ3n) is 8.70. The Bertz CT molecular complexity index is 2260. The Morgan fingerprint density at radius 3 is 2.04 bits per heavy atom. The maximum Gasteiger partial charge on any atom is 0.206 e. The molecule has 1 heterocycles. The van der Waals surface area contributed by atoms with Crippen molar-refractivity contribution in [2.45, 2.75) is 25.2 Å². The minimum absolute atomic E-state index is 0.912. The van der Waals surface area contributed by atoms with Gasteiger partial charge < -0.3 is 9.73 Å². The summed E-state index contributed by atoms with van der Waals surface area (Å²) in [6, 6.07) is 41.5. The van der Waals surface area contributed by atoms with Crippen LogP contribution in [0.5, 0.6) is 0 Å². The third kappa shape index (κ3) is 5.37. The van der Waals surface area contributed by atoms with Gasteiger partial charge in [0.2, 0.25) is 11.0 Å². The van der Waals surface area contributed by atoms with E-state index in [-0.39, 0.29) is 0 Å². The third-order valence-corrected chi connectivity index (χ3v) is 9.95. The molecule has 6 aromatic carbocycles. The van der Waals surface area contributed by atoms with Gasteiger partial charge in [-0.15, -0.1) is 0 Å². The molecule has 7 aromatic rings. The lowest BCUT2D eigenvalue weighted by atomic mass is 9.93. The minimum atomic E-state index is 0.912. The highest BCUT2D eigenvalue weighted by Gasteiger charge is 2.20. The number of nitrogens with zero attached hydrogens (tertiary/aromatic N) is 2. The van der Waals surface area contributed by atoms with Gasteiger partial charge in [0.1, 0.15) is 18.2 Å². The van der Waals surface area contributed by atoms with Crippen LogP contribution in [0.4, 0.5) is 11.4 Å². The molecule has 0 aliphatic heterocycles. The lowest BCUT2D eigenvalue weighted by molar-refractivity contribution is 0.494. The van der Waals surface area contributed by atoms with Gasteiger partial charge in [0.05, 0.1) is 0 Å². The van der Waals surface area contributed by atoms with Crippen molar-refractivity contribution in [1.82, 2.24) is 8.88 Å². The van der Waals surface area contributed by atoms with E-state index in [1.54, 1.807) is 0 Å². The number of nitrogens with one attached hydrogen (secondary N) is 1. The van der Waals surface area contributed by atoms with E-state index >= 15 is 0 Å². The first-order valence-electron chi connectivity index (χ1n) is 15.8. The van der Waals surface area contributed by atoms with Crippen LogP contribution in [-0.4, -0.2) is 31.5 Å². The lowest BCUT2D eigenvalue weighted by Crippen LogP contribution is -2.20. The monoisotopic (exact) mass is 608 g/mol. The average molecular weight is 609 g/mol. The van der Waals surface area contributed by atoms with Crippen LogP contribution in [0.1, 0.15) is 20.3 Å². The summed E-state index contributed by atoms with van der Waals surface area (Å²) in [5, 5.41) is 11.2. The first-order chi connectivity index (χ1) is 22.1. The lowest BCUT2D eigenvalue weighted by Gasteiger charge is -2.21. The van der Waals surface area contributed by atoms with Gasteiger partial charge in [-0.3, -0.25) is 0 Å². The zero-order valence-electron chi connectivity index (χ0n) is 26.3. The summed E-state index contributed by atoms with van der Waals surface area (Å²) in [6.45, 7) is 6.51. The van der Waals surface area contributed by atoms with E-state index in [0.717, 1.165) is 79.7 Å². The summed E-state index contributed by atoms with van der Waals surface area (Å²) < 4.78 is 11.7. The Labute approximate surface area is 268 Å². The zero-order valence-corrected chi connectivity index (χ0v) is 27.1. The molecule has 0 aliphatic rings. The number of para-hydroxylation sites is 1. The van der Waals surface area contributed by atoms with Crippen molar-refractivity contribution in [3.05, 3.63) is 121 Å². The molecule has 4 nitrogen and oxygen atoms in total. The van der Waals surface area contributed by atoms with Gasteiger partial charge in [0.25, 0.3) is 0 Å². The number of benzene rings is 6. The number of fused-ring (bicyclic) bond motifs is 6. The molecular formula is C40H38N3OS+. The molecule has 5 heteroatoms. The maximum atomic E-state index is 7.02. The van der Waals surface area contributed by atoms with E-state index < -0.39 is 0 Å². The van der Waals surface area contributed by atoms with E-state index in [0.29, 0.717) is 0 Å². The van der Waals surface area contributed by atoms with E-state index in [1.807, 2.05) is 19.0 Å². The summed E-state index contributed by atoms with van der Waals surface area (Å²) in [6.07, 6.45) is 1.12. The number of rotatable bonds is 8. The Kier molecular flexibility index (Phi) is 8.05. The van der Waals surface area contributed by atoms with Crippen molar-refractivity contribution in [3.8, 4) is 11.1 Å². The molecule has 0 aliphatic carbocycles. The molecule has 0 unspecified atom stereocenters. The Morgan fingerprint density at radius 1 is 0.711 bits per heavy atom. The highest BCUT2D eigenvalue weighted by molar-refractivity contribution is 7.97. The van der Waals surface area contributed by atoms with Crippen LogP contribution in [0, 0.1) is 0 Å². The Balaban J connectivity index is 1.55. The van der Waals surface area contributed by atoms with Crippen LogP contribution < -0.4 is 15.2 Å². The zero-order chi connectivity index (χ0) is 30.9. The van der Waals surface area contributed by atoms with Gasteiger partial charge >= 0.3 is 0 Å². The van der Waals surface area contributed by atoms with Crippen LogP contribution in [-0.2, 0) is 0 Å². The smallest absolute Gasteiger partial charge is 0.206 e. The van der Waals surface area contributed by atoms with Crippen molar-refractivity contribution in [1.29, 1.82) is 0 Å². The molecule has 0 amide bonds. The van der Waals surface area contributed by atoms with E-state index in [2.05, 4.69) is 150 Å². The second kappa shape index (κ2) is 12.4. The molecule has 45 heavy (non-hydrogen) atoms. The first-order valence-corrected chi connectivity index (χ1v) is 16.5. The molecule has 224 valence electrons. The summed E-state index contributed by atoms with van der Waals surface area (Å²) in [7, 11) is 4.08. The topological polar surface area (TPSA) is 31.4 Å². The van der Waals surface area contributed by atoms with Crippen LogP contribution >= 0.6 is 11.9 Å². The standard InChI is InChI=1S/C40H37N3OS/c1-5-24-43(6-2)45-37-15-11-10-14-34(37)38-35-20-16-27-25-29(41-3)18-22-32(27)39(35)44-40-33-23-19-31(26-28(33)17-21-36(38)40)42(4)30-12-8-7-9-13-30/h7-23,25-26H,5-6,24H2,1-4H3/p+1. The molecule has 0 spiro atoms. The summed E-state index contributed by atoms with van der Waals surface area (Å²) in [4.78, 5) is 1.26. The summed E-state index contributed by atoms with van der Waals surface area (Å²) >= 11 is 1.86. The van der Waals surface area contributed by atoms with Gasteiger partial charge in [-0.1, -0.05) is 62.4 Å². The quantitative estimate of drug-likeness (QED) is 0.0805. The van der Waals surface area contributed by atoms with Gasteiger partial charge in [-0.2, -0.15) is 4.58 Å². The maximum absolute atomic E-state index is 7.02. The minimum Gasteiger partial charge on any atom is -0.455 e. The van der Waals surface area contributed by atoms with Crippen LogP contribution in [0.25, 0.3) is 54.6 Å². The average Bonchev–Trinajstić information content (AvgIpc) is 3.10. The molecule has 0 bridgehead atoms. The van der Waals surface area contributed by atoms with Gasteiger partial charge in [0, 0.05) is 82.1 Å². The number of hydrogen-bond donors (Lipinski definition) is 1. The van der Waals surface area contributed by atoms with Crippen LogP contribution in [0.15, 0.2) is 125 Å². The van der Waals surface area contributed by atoms with Gasteiger partial charge in [-0.05, 0) is 77.2 Å². The predicted molar refractivity (Wildman–Crippen MR) is 194 cm³/mol. The van der Waals surface area contributed by atoms with Gasteiger partial charge in [-0.25, -0.2) is 4.31 Å². The number of hydrogen-bond acceptors (Lipinski definition) is 4. The molecule has 0 atom stereocenters. The summed E-state index contributed by atoms with van der Waals surface area (Å²) in [5.41, 5.74) is 6.51. The normalized spacial score (nSPS) is 12.5. The Hall–Kier alpha value is -4.58. The molecule has 0 saturated heterocycles. The Morgan fingerprint density at radius 2 is 1.36 bits per heavy atom. The van der Waals surface area contributed by atoms with Crippen molar-refractivity contribution in [3.63, 3.8) is 0 Å². The molecule has 1 aromatic heterocycles.